The molecule has 9 aromatic carbocycles. The largest absolute Gasteiger partial charge is 0.308 e. The van der Waals surface area contributed by atoms with Crippen LogP contribution in [0.15, 0.2) is 182 Å². The lowest BCUT2D eigenvalue weighted by atomic mass is 9.92. The molecule has 2 nitrogen and oxygen atoms in total. The first-order valence-electron chi connectivity index (χ1n) is 17.7. The molecule has 0 radical (unpaired) electrons. The van der Waals surface area contributed by atoms with Crippen molar-refractivity contribution in [2.45, 2.75) is 0 Å². The zero-order chi connectivity index (χ0) is 34.2. The molecule has 0 aliphatic carbocycles. The standard InChI is InChI=1S/C49H30N2S/c1-3-11-31(12-4-1)35-22-28-46-44(30-35)42-26-27-45-48(52-49(50-45)33-13-5-2-6-14-33)47(42)51(46)36-23-19-32(20-24-36)34-21-25-41-39-17-8-7-15-37(39)38-16-9-10-18-40(38)43(41)29-34/h1-30H. The van der Waals surface area contributed by atoms with Gasteiger partial charge in [-0.1, -0.05) is 140 Å². The average molecular weight is 679 g/mol. The fourth-order valence-corrected chi connectivity index (χ4v) is 9.26. The van der Waals surface area contributed by atoms with Gasteiger partial charge in [0.1, 0.15) is 5.01 Å². The molecular formula is C49H30N2S. The van der Waals surface area contributed by atoms with E-state index < -0.39 is 0 Å². The zero-order valence-electron chi connectivity index (χ0n) is 28.1. The van der Waals surface area contributed by atoms with E-state index in [2.05, 4.69) is 187 Å². The molecule has 0 unspecified atom stereocenters. The smallest absolute Gasteiger partial charge is 0.124 e. The van der Waals surface area contributed by atoms with E-state index in [1.165, 1.54) is 81.1 Å². The predicted octanol–water partition coefficient (Wildman–Crippen LogP) is 13.9. The molecule has 242 valence electrons. The number of aromatic nitrogens is 2. The van der Waals surface area contributed by atoms with E-state index in [4.69, 9.17) is 4.98 Å². The van der Waals surface area contributed by atoms with Crippen molar-refractivity contribution in [2.75, 3.05) is 0 Å². The van der Waals surface area contributed by atoms with Crippen LogP contribution in [0.2, 0.25) is 0 Å². The van der Waals surface area contributed by atoms with Crippen molar-refractivity contribution < 1.29 is 0 Å². The molecule has 11 aromatic rings. The van der Waals surface area contributed by atoms with Crippen LogP contribution < -0.4 is 0 Å². The second kappa shape index (κ2) is 11.5. The van der Waals surface area contributed by atoms with Crippen LogP contribution in [0.25, 0.3) is 103 Å². The second-order valence-electron chi connectivity index (χ2n) is 13.5. The third-order valence-corrected chi connectivity index (χ3v) is 11.7. The first-order chi connectivity index (χ1) is 25.8. The van der Waals surface area contributed by atoms with E-state index in [0.29, 0.717) is 0 Å². The molecule has 0 N–H and O–H groups in total. The lowest BCUT2D eigenvalue weighted by Crippen LogP contribution is -1.94. The highest BCUT2D eigenvalue weighted by Crippen LogP contribution is 2.43. The summed E-state index contributed by atoms with van der Waals surface area (Å²) in [6.07, 6.45) is 0. The van der Waals surface area contributed by atoms with Crippen LogP contribution in [0.4, 0.5) is 0 Å². The monoisotopic (exact) mass is 678 g/mol. The van der Waals surface area contributed by atoms with Gasteiger partial charge in [-0.05, 0) is 97.0 Å². The maximum Gasteiger partial charge on any atom is 0.124 e. The highest BCUT2D eigenvalue weighted by atomic mass is 32.1. The maximum atomic E-state index is 5.13. The Bertz CT molecular complexity index is 3080. The van der Waals surface area contributed by atoms with E-state index >= 15 is 0 Å². The van der Waals surface area contributed by atoms with Crippen LogP contribution in [0.1, 0.15) is 0 Å². The van der Waals surface area contributed by atoms with Crippen molar-refractivity contribution in [1.82, 2.24) is 9.55 Å². The third kappa shape index (κ3) is 4.46. The van der Waals surface area contributed by atoms with Crippen molar-refractivity contribution in [3.63, 3.8) is 0 Å². The van der Waals surface area contributed by atoms with Crippen LogP contribution in [-0.4, -0.2) is 9.55 Å². The van der Waals surface area contributed by atoms with E-state index in [0.717, 1.165) is 21.8 Å². The molecule has 0 atom stereocenters. The maximum absolute atomic E-state index is 5.13. The lowest BCUT2D eigenvalue weighted by molar-refractivity contribution is 1.19. The number of rotatable bonds is 4. The summed E-state index contributed by atoms with van der Waals surface area (Å²) in [6.45, 7) is 0. The van der Waals surface area contributed by atoms with Gasteiger partial charge in [0.15, 0.2) is 0 Å². The number of hydrogen-bond donors (Lipinski definition) is 0. The summed E-state index contributed by atoms with van der Waals surface area (Å²) >= 11 is 1.78. The highest BCUT2D eigenvalue weighted by molar-refractivity contribution is 7.22. The topological polar surface area (TPSA) is 17.8 Å². The van der Waals surface area contributed by atoms with Crippen molar-refractivity contribution in [3.05, 3.63) is 182 Å². The second-order valence-corrected chi connectivity index (χ2v) is 14.5. The van der Waals surface area contributed by atoms with Gasteiger partial charge in [0, 0.05) is 22.0 Å². The number of fused-ring (bicyclic) bond motifs is 11. The molecule has 0 spiro atoms. The van der Waals surface area contributed by atoms with Gasteiger partial charge in [-0.25, -0.2) is 4.98 Å². The van der Waals surface area contributed by atoms with Crippen LogP contribution in [0.3, 0.4) is 0 Å². The van der Waals surface area contributed by atoms with Crippen molar-refractivity contribution in [2.24, 2.45) is 0 Å². The van der Waals surface area contributed by atoms with E-state index in [9.17, 15) is 0 Å². The molecule has 2 heterocycles. The Labute approximate surface area is 304 Å². The summed E-state index contributed by atoms with van der Waals surface area (Å²) in [7, 11) is 0. The van der Waals surface area contributed by atoms with Crippen LogP contribution in [0, 0.1) is 0 Å². The average Bonchev–Trinajstić information content (AvgIpc) is 3.81. The van der Waals surface area contributed by atoms with Gasteiger partial charge in [-0.2, -0.15) is 0 Å². The van der Waals surface area contributed by atoms with E-state index in [1.807, 2.05) is 0 Å². The van der Waals surface area contributed by atoms with Gasteiger partial charge in [0.25, 0.3) is 0 Å². The minimum absolute atomic E-state index is 1.02. The summed E-state index contributed by atoms with van der Waals surface area (Å²) in [6, 6.07) is 66.1. The number of benzene rings is 9. The fraction of sp³-hybridized carbons (Fsp3) is 0. The van der Waals surface area contributed by atoms with E-state index in [-0.39, 0.29) is 0 Å². The molecule has 2 aromatic heterocycles. The molecule has 0 amide bonds. The number of hydrogen-bond acceptors (Lipinski definition) is 2. The third-order valence-electron chi connectivity index (χ3n) is 10.6. The van der Waals surface area contributed by atoms with Crippen molar-refractivity contribution in [3.8, 4) is 38.5 Å². The zero-order valence-corrected chi connectivity index (χ0v) is 28.9. The molecule has 0 saturated carbocycles. The summed E-state index contributed by atoms with van der Waals surface area (Å²) in [4.78, 5) is 5.13. The Balaban J connectivity index is 1.11. The highest BCUT2D eigenvalue weighted by Gasteiger charge is 2.19. The summed E-state index contributed by atoms with van der Waals surface area (Å²) in [5.41, 5.74) is 10.5. The fourth-order valence-electron chi connectivity index (χ4n) is 8.16. The minimum Gasteiger partial charge on any atom is -0.308 e. The summed E-state index contributed by atoms with van der Waals surface area (Å²) in [5, 5.41) is 11.3. The lowest BCUT2D eigenvalue weighted by Gasteiger charge is -2.13. The van der Waals surface area contributed by atoms with Crippen LogP contribution in [0.5, 0.6) is 0 Å². The van der Waals surface area contributed by atoms with Gasteiger partial charge in [-0.15, -0.1) is 11.3 Å². The Hall–Kier alpha value is -6.55. The number of nitrogens with zero attached hydrogens (tertiary/aromatic N) is 2. The molecule has 11 rings (SSSR count). The molecule has 0 bridgehead atoms. The quantitative estimate of drug-likeness (QED) is 0.169. The molecule has 52 heavy (non-hydrogen) atoms. The van der Waals surface area contributed by atoms with Crippen molar-refractivity contribution >= 4 is 75.7 Å². The molecule has 3 heteroatoms. The molecular weight excluding hydrogens is 649 g/mol. The first kappa shape index (κ1) is 29.2. The Morgan fingerprint density at radius 2 is 0.865 bits per heavy atom. The summed E-state index contributed by atoms with van der Waals surface area (Å²) in [5.74, 6) is 0. The van der Waals surface area contributed by atoms with Crippen LogP contribution >= 0.6 is 11.3 Å². The first-order valence-corrected chi connectivity index (χ1v) is 18.5. The molecule has 0 fully saturated rings. The van der Waals surface area contributed by atoms with Gasteiger partial charge in [-0.3, -0.25) is 0 Å². The Morgan fingerprint density at radius 3 is 1.54 bits per heavy atom. The Morgan fingerprint density at radius 1 is 0.365 bits per heavy atom. The number of thiazole rings is 1. The molecule has 0 aliphatic rings. The molecule has 0 aliphatic heterocycles. The van der Waals surface area contributed by atoms with Gasteiger partial charge in [0.05, 0.1) is 21.3 Å². The van der Waals surface area contributed by atoms with Gasteiger partial charge < -0.3 is 4.57 Å². The SMILES string of the molecule is c1ccc(-c2ccc3c(c2)c2ccc4nc(-c5ccccc5)sc4c2n3-c2ccc(-c3ccc4c5ccccc5c5ccccc5c4c3)cc2)cc1. The normalized spacial score (nSPS) is 11.8. The summed E-state index contributed by atoms with van der Waals surface area (Å²) < 4.78 is 3.64. The molecule has 0 saturated heterocycles. The van der Waals surface area contributed by atoms with Crippen LogP contribution in [-0.2, 0) is 0 Å². The van der Waals surface area contributed by atoms with Gasteiger partial charge >= 0.3 is 0 Å². The minimum atomic E-state index is 1.02. The van der Waals surface area contributed by atoms with Crippen molar-refractivity contribution in [1.29, 1.82) is 0 Å². The van der Waals surface area contributed by atoms with Gasteiger partial charge in [0.2, 0.25) is 0 Å². The van der Waals surface area contributed by atoms with E-state index in [1.54, 1.807) is 11.3 Å². The Kier molecular flexibility index (Phi) is 6.46. The predicted molar refractivity (Wildman–Crippen MR) is 223 cm³/mol.